The molecule has 8 nitrogen and oxygen atoms in total. The van der Waals surface area contributed by atoms with Gasteiger partial charge in [0.15, 0.2) is 4.91 Å². The third kappa shape index (κ3) is 5.57. The molecular weight excluding hydrogens is 464 g/mol. The zero-order chi connectivity index (χ0) is 25.0. The molecule has 0 aliphatic carbocycles. The molecule has 1 fully saturated rings. The summed E-state index contributed by atoms with van der Waals surface area (Å²) in [7, 11) is -0.345. The van der Waals surface area contributed by atoms with E-state index in [0.29, 0.717) is 11.5 Å². The van der Waals surface area contributed by atoms with Gasteiger partial charge in [0.25, 0.3) is 10.0 Å². The number of sulfonamides is 1. The number of nitriles is 1. The molecule has 2 heterocycles. The standard InChI is InChI=1S/C26H30N4O4S/c1-19(26(18-27)35(31,32)28-10-15-33-3)24-8-9-25(34-24)22-5-4-21-17-23(7-6-20(21)16-22)30-13-11-29(2)12-14-30/h4-9,16-17,28H,10-15H2,1-3H3/b26-19+. The number of hydrogen-bond donors (Lipinski definition) is 1. The van der Waals surface area contributed by atoms with E-state index in [2.05, 4.69) is 51.9 Å². The molecule has 0 saturated carbocycles. The number of benzene rings is 2. The maximum absolute atomic E-state index is 12.5. The second-order valence-corrected chi connectivity index (χ2v) is 10.4. The smallest absolute Gasteiger partial charge is 0.251 e. The number of nitrogens with zero attached hydrogens (tertiary/aromatic N) is 3. The Morgan fingerprint density at radius 1 is 1.09 bits per heavy atom. The summed E-state index contributed by atoms with van der Waals surface area (Å²) >= 11 is 0. The molecule has 0 bridgehead atoms. The van der Waals surface area contributed by atoms with Crippen LogP contribution < -0.4 is 9.62 Å². The second-order valence-electron chi connectivity index (χ2n) is 8.66. The lowest BCUT2D eigenvalue weighted by Gasteiger charge is -2.34. The highest BCUT2D eigenvalue weighted by Gasteiger charge is 2.22. The maximum atomic E-state index is 12.5. The van der Waals surface area contributed by atoms with E-state index >= 15 is 0 Å². The number of fused-ring (bicyclic) bond motifs is 1. The van der Waals surface area contributed by atoms with Gasteiger partial charge in [0, 0.05) is 56.7 Å². The van der Waals surface area contributed by atoms with E-state index in [4.69, 9.17) is 9.15 Å². The summed E-state index contributed by atoms with van der Waals surface area (Å²) < 4.78 is 38.3. The number of nitrogens with one attached hydrogen (secondary N) is 1. The van der Waals surface area contributed by atoms with E-state index in [0.717, 1.165) is 42.5 Å². The highest BCUT2D eigenvalue weighted by Crippen LogP contribution is 2.31. The predicted octanol–water partition coefficient (Wildman–Crippen LogP) is 3.67. The first-order valence-electron chi connectivity index (χ1n) is 11.5. The SMILES string of the molecule is COCCNS(=O)(=O)/C(C#N)=C(\C)c1ccc(-c2ccc3cc(N4CCN(C)CC4)ccc3c2)o1. The molecule has 184 valence electrons. The average Bonchev–Trinajstić information content (AvgIpc) is 3.35. The Bertz CT molecular complexity index is 1380. The lowest BCUT2D eigenvalue weighted by atomic mass is 10.0. The number of likely N-dealkylation sites (N-methyl/N-ethyl adjacent to an activating group) is 1. The van der Waals surface area contributed by atoms with Crippen LogP contribution in [0.3, 0.4) is 0 Å². The Labute approximate surface area is 206 Å². The van der Waals surface area contributed by atoms with Crippen molar-refractivity contribution in [1.29, 1.82) is 5.26 Å². The molecule has 1 saturated heterocycles. The third-order valence-electron chi connectivity index (χ3n) is 6.26. The Morgan fingerprint density at radius 3 is 2.51 bits per heavy atom. The van der Waals surface area contributed by atoms with E-state index < -0.39 is 10.0 Å². The highest BCUT2D eigenvalue weighted by molar-refractivity contribution is 7.93. The van der Waals surface area contributed by atoms with Gasteiger partial charge in [0.2, 0.25) is 0 Å². The lowest BCUT2D eigenvalue weighted by molar-refractivity contribution is 0.204. The molecule has 35 heavy (non-hydrogen) atoms. The monoisotopic (exact) mass is 494 g/mol. The minimum atomic E-state index is -3.97. The van der Waals surface area contributed by atoms with Crippen molar-refractivity contribution in [1.82, 2.24) is 9.62 Å². The van der Waals surface area contributed by atoms with Gasteiger partial charge in [0.1, 0.15) is 17.6 Å². The number of methoxy groups -OCH3 is 1. The predicted molar refractivity (Wildman–Crippen MR) is 138 cm³/mol. The number of allylic oxidation sites excluding steroid dienone is 2. The van der Waals surface area contributed by atoms with E-state index in [1.165, 1.54) is 12.8 Å². The van der Waals surface area contributed by atoms with E-state index in [9.17, 15) is 13.7 Å². The normalized spacial score (nSPS) is 15.8. The van der Waals surface area contributed by atoms with E-state index in [1.807, 2.05) is 6.07 Å². The molecule has 1 aromatic heterocycles. The van der Waals surface area contributed by atoms with Crippen LogP contribution in [0.2, 0.25) is 0 Å². The van der Waals surface area contributed by atoms with Gasteiger partial charge in [-0.2, -0.15) is 5.26 Å². The van der Waals surface area contributed by atoms with Gasteiger partial charge < -0.3 is 19.0 Å². The first-order chi connectivity index (χ1) is 16.8. The molecular formula is C26H30N4O4S. The summed E-state index contributed by atoms with van der Waals surface area (Å²) in [6.07, 6.45) is 0. The van der Waals surface area contributed by atoms with Crippen LogP contribution in [0, 0.1) is 11.3 Å². The van der Waals surface area contributed by atoms with Gasteiger partial charge in [-0.15, -0.1) is 0 Å². The molecule has 2 aromatic carbocycles. The van der Waals surface area contributed by atoms with Crippen molar-refractivity contribution in [2.75, 3.05) is 58.4 Å². The molecule has 0 atom stereocenters. The fourth-order valence-electron chi connectivity index (χ4n) is 4.15. The Morgan fingerprint density at radius 2 is 1.80 bits per heavy atom. The molecule has 0 unspecified atom stereocenters. The number of rotatable bonds is 8. The summed E-state index contributed by atoms with van der Waals surface area (Å²) in [6, 6.07) is 17.9. The molecule has 0 amide bonds. The van der Waals surface area contributed by atoms with E-state index in [1.54, 1.807) is 25.1 Å². The first-order valence-corrected chi connectivity index (χ1v) is 13.0. The first kappa shape index (κ1) is 24.9. The van der Waals surface area contributed by atoms with Crippen molar-refractivity contribution in [3.63, 3.8) is 0 Å². The molecule has 4 rings (SSSR count). The zero-order valence-electron chi connectivity index (χ0n) is 20.2. The van der Waals surface area contributed by atoms with Gasteiger partial charge in [-0.1, -0.05) is 18.2 Å². The number of furan rings is 1. The minimum Gasteiger partial charge on any atom is -0.456 e. The highest BCUT2D eigenvalue weighted by atomic mass is 32.2. The van der Waals surface area contributed by atoms with Crippen LogP contribution in [0.15, 0.2) is 57.9 Å². The van der Waals surface area contributed by atoms with Crippen LogP contribution in [0.1, 0.15) is 12.7 Å². The number of hydrogen-bond acceptors (Lipinski definition) is 7. The molecule has 9 heteroatoms. The molecule has 1 aliphatic rings. The van der Waals surface area contributed by atoms with Crippen LogP contribution >= 0.6 is 0 Å². The minimum absolute atomic E-state index is 0.0777. The Balaban J connectivity index is 1.58. The fraction of sp³-hybridized carbons (Fsp3) is 0.346. The van der Waals surface area contributed by atoms with Crippen molar-refractivity contribution in [2.45, 2.75) is 6.92 Å². The number of anilines is 1. The summed E-state index contributed by atoms with van der Waals surface area (Å²) in [5, 5.41) is 11.8. The van der Waals surface area contributed by atoms with Crippen LogP contribution in [-0.4, -0.2) is 66.8 Å². The summed E-state index contributed by atoms with van der Waals surface area (Å²) in [5.41, 5.74) is 2.36. The maximum Gasteiger partial charge on any atom is 0.251 e. The largest absolute Gasteiger partial charge is 0.456 e. The third-order valence-corrected chi connectivity index (χ3v) is 7.78. The van der Waals surface area contributed by atoms with Gasteiger partial charge in [-0.05, 0) is 55.1 Å². The van der Waals surface area contributed by atoms with E-state index in [-0.39, 0.29) is 23.6 Å². The van der Waals surface area contributed by atoms with Crippen molar-refractivity contribution < 1.29 is 17.6 Å². The quantitative estimate of drug-likeness (QED) is 0.377. The summed E-state index contributed by atoms with van der Waals surface area (Å²) in [6.45, 7) is 6.01. The molecule has 1 aliphatic heterocycles. The van der Waals surface area contributed by atoms with Gasteiger partial charge in [-0.25, -0.2) is 13.1 Å². The molecule has 3 aromatic rings. The number of piperazine rings is 1. The van der Waals surface area contributed by atoms with Crippen LogP contribution in [0.5, 0.6) is 0 Å². The molecule has 0 radical (unpaired) electrons. The number of ether oxygens (including phenoxy) is 1. The Kier molecular flexibility index (Phi) is 7.57. The fourth-order valence-corrected chi connectivity index (χ4v) is 5.27. The molecule has 0 spiro atoms. The van der Waals surface area contributed by atoms with Crippen LogP contribution in [0.4, 0.5) is 5.69 Å². The van der Waals surface area contributed by atoms with Gasteiger partial charge in [0.05, 0.1) is 6.61 Å². The van der Waals surface area contributed by atoms with Crippen molar-refractivity contribution >= 4 is 32.1 Å². The van der Waals surface area contributed by atoms with Gasteiger partial charge >= 0.3 is 0 Å². The van der Waals surface area contributed by atoms with Crippen molar-refractivity contribution in [2.24, 2.45) is 0 Å². The summed E-state index contributed by atoms with van der Waals surface area (Å²) in [5.74, 6) is 0.936. The Hall–Kier alpha value is -3.16. The summed E-state index contributed by atoms with van der Waals surface area (Å²) in [4.78, 5) is 4.38. The van der Waals surface area contributed by atoms with Crippen LogP contribution in [-0.2, 0) is 14.8 Å². The lowest BCUT2D eigenvalue weighted by Crippen LogP contribution is -2.44. The molecule has 1 N–H and O–H groups in total. The zero-order valence-corrected chi connectivity index (χ0v) is 21.1. The van der Waals surface area contributed by atoms with Crippen molar-refractivity contribution in [3.05, 3.63) is 59.2 Å². The average molecular weight is 495 g/mol. The van der Waals surface area contributed by atoms with Crippen molar-refractivity contribution in [3.8, 4) is 17.4 Å². The topological polar surface area (TPSA) is 98.8 Å². The van der Waals surface area contributed by atoms with Gasteiger partial charge in [-0.3, -0.25) is 0 Å². The van der Waals surface area contributed by atoms with Crippen LogP contribution in [0.25, 0.3) is 27.7 Å². The second kappa shape index (κ2) is 10.6.